The van der Waals surface area contributed by atoms with Crippen molar-refractivity contribution in [3.63, 3.8) is 0 Å². The third-order valence-corrected chi connectivity index (χ3v) is 1.99. The molecule has 3 nitrogen and oxygen atoms in total. The van der Waals surface area contributed by atoms with Gasteiger partial charge in [0.2, 0.25) is 0 Å². The maximum absolute atomic E-state index is 11.2. The predicted octanol–water partition coefficient (Wildman–Crippen LogP) is 2.30. The molecule has 0 bridgehead atoms. The van der Waals surface area contributed by atoms with Gasteiger partial charge in [-0.1, -0.05) is 12.2 Å². The van der Waals surface area contributed by atoms with Crippen LogP contribution in [0.1, 0.15) is 22.8 Å². The molecule has 15 heavy (non-hydrogen) atoms. The largest absolute Gasteiger partial charge is 0.508 e. The monoisotopic (exact) mass is 206 g/mol. The first-order valence-electron chi connectivity index (χ1n) is 4.59. The van der Waals surface area contributed by atoms with Gasteiger partial charge in [-0.3, -0.25) is 0 Å². The van der Waals surface area contributed by atoms with E-state index < -0.39 is 5.97 Å². The summed E-state index contributed by atoms with van der Waals surface area (Å²) in [5.74, 6) is -0.233. The highest BCUT2D eigenvalue weighted by atomic mass is 16.5. The van der Waals surface area contributed by atoms with Gasteiger partial charge in [0.05, 0.1) is 12.7 Å². The molecule has 1 aromatic carbocycles. The molecule has 1 N–H and O–H groups in total. The van der Waals surface area contributed by atoms with Crippen LogP contribution in [0.25, 0.3) is 0 Å². The Balaban J connectivity index is 3.05. The summed E-state index contributed by atoms with van der Waals surface area (Å²) in [6.45, 7) is 5.62. The molecule has 0 heterocycles. The van der Waals surface area contributed by atoms with E-state index >= 15 is 0 Å². The Kier molecular flexibility index (Phi) is 3.50. The molecule has 1 rings (SSSR count). The summed E-state index contributed by atoms with van der Waals surface area (Å²) in [5.41, 5.74) is 2.05. The summed E-state index contributed by atoms with van der Waals surface area (Å²) in [6.07, 6.45) is 0.552. The Morgan fingerprint density at radius 2 is 2.20 bits per heavy atom. The molecule has 0 aliphatic carbocycles. The lowest BCUT2D eigenvalue weighted by molar-refractivity contribution is 0.0600. The van der Waals surface area contributed by atoms with E-state index in [-0.39, 0.29) is 5.75 Å². The van der Waals surface area contributed by atoms with E-state index in [1.807, 2.05) is 6.92 Å². The first-order chi connectivity index (χ1) is 7.04. The zero-order valence-electron chi connectivity index (χ0n) is 8.91. The number of hydrogen-bond acceptors (Lipinski definition) is 3. The minimum atomic E-state index is -0.405. The summed E-state index contributed by atoms with van der Waals surface area (Å²) in [4.78, 5) is 11.2. The van der Waals surface area contributed by atoms with Crippen molar-refractivity contribution in [1.29, 1.82) is 0 Å². The maximum atomic E-state index is 11.2. The van der Waals surface area contributed by atoms with E-state index in [4.69, 9.17) is 0 Å². The molecule has 0 radical (unpaired) electrons. The highest BCUT2D eigenvalue weighted by Gasteiger charge is 2.09. The molecule has 0 amide bonds. The Morgan fingerprint density at radius 3 is 2.73 bits per heavy atom. The van der Waals surface area contributed by atoms with Crippen LogP contribution >= 0.6 is 0 Å². The van der Waals surface area contributed by atoms with Crippen LogP contribution in [0.3, 0.4) is 0 Å². The summed E-state index contributed by atoms with van der Waals surface area (Å²) in [6, 6.07) is 4.64. The number of carbonyl (C=O) groups is 1. The summed E-state index contributed by atoms with van der Waals surface area (Å²) < 4.78 is 4.59. The van der Waals surface area contributed by atoms with Gasteiger partial charge in [0, 0.05) is 0 Å². The van der Waals surface area contributed by atoms with Gasteiger partial charge >= 0.3 is 5.97 Å². The van der Waals surface area contributed by atoms with Gasteiger partial charge in [-0.25, -0.2) is 4.79 Å². The van der Waals surface area contributed by atoms with Gasteiger partial charge in [-0.2, -0.15) is 0 Å². The van der Waals surface area contributed by atoms with Gasteiger partial charge in [0.1, 0.15) is 5.75 Å². The molecule has 0 spiro atoms. The number of carbonyl (C=O) groups excluding carboxylic acids is 1. The van der Waals surface area contributed by atoms with Crippen molar-refractivity contribution in [3.05, 3.63) is 41.5 Å². The minimum absolute atomic E-state index is 0.172. The highest BCUT2D eigenvalue weighted by Crippen LogP contribution is 2.21. The number of esters is 1. The number of ether oxygens (including phenoxy) is 1. The smallest absolute Gasteiger partial charge is 0.337 e. The number of phenolic OH excluding ortho intramolecular Hbond substituents is 1. The number of allylic oxidation sites excluding steroid dienone is 1. The van der Waals surface area contributed by atoms with Crippen molar-refractivity contribution in [2.75, 3.05) is 7.11 Å². The van der Waals surface area contributed by atoms with E-state index in [9.17, 15) is 9.90 Å². The second-order valence-corrected chi connectivity index (χ2v) is 3.47. The SMILES string of the molecule is C=C(C)Cc1cc(C(=O)OC)ccc1O. The average Bonchev–Trinajstić information content (AvgIpc) is 2.19. The summed E-state index contributed by atoms with van der Waals surface area (Å²) >= 11 is 0. The fourth-order valence-corrected chi connectivity index (χ4v) is 1.30. The van der Waals surface area contributed by atoms with Crippen molar-refractivity contribution >= 4 is 5.97 Å². The van der Waals surface area contributed by atoms with Crippen LogP contribution in [0.5, 0.6) is 5.75 Å². The van der Waals surface area contributed by atoms with Crippen LogP contribution in [0.4, 0.5) is 0 Å². The fraction of sp³-hybridized carbons (Fsp3) is 0.250. The van der Waals surface area contributed by atoms with Crippen molar-refractivity contribution in [2.45, 2.75) is 13.3 Å². The average molecular weight is 206 g/mol. The van der Waals surface area contributed by atoms with E-state index in [1.165, 1.54) is 19.2 Å². The van der Waals surface area contributed by atoms with E-state index in [1.54, 1.807) is 6.07 Å². The Bertz CT molecular complexity index is 394. The van der Waals surface area contributed by atoms with Crippen molar-refractivity contribution in [1.82, 2.24) is 0 Å². The Labute approximate surface area is 89.0 Å². The highest BCUT2D eigenvalue weighted by molar-refractivity contribution is 5.89. The lowest BCUT2D eigenvalue weighted by atomic mass is 10.0. The molecular weight excluding hydrogens is 192 g/mol. The first kappa shape index (κ1) is 11.3. The summed E-state index contributed by atoms with van der Waals surface area (Å²) in [5, 5.41) is 9.55. The molecule has 0 saturated heterocycles. The number of methoxy groups -OCH3 is 1. The molecule has 80 valence electrons. The first-order valence-corrected chi connectivity index (χ1v) is 4.59. The van der Waals surface area contributed by atoms with Crippen LogP contribution in [-0.4, -0.2) is 18.2 Å². The zero-order chi connectivity index (χ0) is 11.4. The zero-order valence-corrected chi connectivity index (χ0v) is 8.91. The normalized spacial score (nSPS) is 9.73. The Hall–Kier alpha value is -1.77. The van der Waals surface area contributed by atoms with E-state index in [0.717, 1.165) is 5.57 Å². The number of phenols is 1. The van der Waals surface area contributed by atoms with Crippen LogP contribution in [0, 0.1) is 0 Å². The molecule has 3 heteroatoms. The molecule has 0 saturated carbocycles. The van der Waals surface area contributed by atoms with E-state index in [2.05, 4.69) is 11.3 Å². The van der Waals surface area contributed by atoms with Gasteiger partial charge in [0.25, 0.3) is 0 Å². The van der Waals surface area contributed by atoms with Gasteiger partial charge in [0.15, 0.2) is 0 Å². The quantitative estimate of drug-likeness (QED) is 0.609. The predicted molar refractivity (Wildman–Crippen MR) is 58.0 cm³/mol. The molecule has 0 fully saturated rings. The lowest BCUT2D eigenvalue weighted by Gasteiger charge is -2.06. The topological polar surface area (TPSA) is 46.5 Å². The third-order valence-electron chi connectivity index (χ3n) is 1.99. The number of benzene rings is 1. The minimum Gasteiger partial charge on any atom is -0.508 e. The van der Waals surface area contributed by atoms with Crippen LogP contribution in [0.15, 0.2) is 30.4 Å². The standard InChI is InChI=1S/C12H14O3/c1-8(2)6-10-7-9(12(14)15-3)4-5-11(10)13/h4-5,7,13H,1,6H2,2-3H3. The molecule has 0 unspecified atom stereocenters. The number of aromatic hydroxyl groups is 1. The van der Waals surface area contributed by atoms with E-state index in [0.29, 0.717) is 17.5 Å². The molecule has 0 aliphatic heterocycles. The Morgan fingerprint density at radius 1 is 1.53 bits per heavy atom. The van der Waals surface area contributed by atoms with Crippen LogP contribution in [0.2, 0.25) is 0 Å². The van der Waals surface area contributed by atoms with Crippen LogP contribution in [-0.2, 0) is 11.2 Å². The van der Waals surface area contributed by atoms with Gasteiger partial charge < -0.3 is 9.84 Å². The maximum Gasteiger partial charge on any atom is 0.337 e. The van der Waals surface area contributed by atoms with Crippen LogP contribution < -0.4 is 0 Å². The fourth-order valence-electron chi connectivity index (χ4n) is 1.30. The molecule has 0 aromatic heterocycles. The second kappa shape index (κ2) is 4.64. The molecule has 1 aromatic rings. The second-order valence-electron chi connectivity index (χ2n) is 3.47. The third kappa shape index (κ3) is 2.84. The molecule has 0 aliphatic rings. The van der Waals surface area contributed by atoms with Crippen molar-refractivity contribution in [3.8, 4) is 5.75 Å². The lowest BCUT2D eigenvalue weighted by Crippen LogP contribution is -2.02. The van der Waals surface area contributed by atoms with Crippen molar-refractivity contribution < 1.29 is 14.6 Å². The summed E-state index contributed by atoms with van der Waals surface area (Å²) in [7, 11) is 1.33. The number of hydrogen-bond donors (Lipinski definition) is 1. The van der Waals surface area contributed by atoms with Gasteiger partial charge in [-0.15, -0.1) is 0 Å². The van der Waals surface area contributed by atoms with Crippen molar-refractivity contribution in [2.24, 2.45) is 0 Å². The van der Waals surface area contributed by atoms with Gasteiger partial charge in [-0.05, 0) is 37.1 Å². The number of rotatable bonds is 3. The molecule has 0 atom stereocenters. The molecular formula is C12H14O3.